The lowest BCUT2D eigenvalue weighted by molar-refractivity contribution is -0.152. The largest absolute Gasteiger partial charge is 0.497 e. The molecule has 37 heavy (non-hydrogen) atoms. The number of halogens is 1. The predicted molar refractivity (Wildman–Crippen MR) is 142 cm³/mol. The molecule has 0 amide bonds. The second kappa shape index (κ2) is 11.3. The first-order valence-corrected chi connectivity index (χ1v) is 13.1. The van der Waals surface area contributed by atoms with Crippen molar-refractivity contribution in [1.82, 2.24) is 5.32 Å². The minimum Gasteiger partial charge on any atom is -0.497 e. The molecule has 0 saturated carbocycles. The minimum absolute atomic E-state index is 0.153. The summed E-state index contributed by atoms with van der Waals surface area (Å²) in [6.45, 7) is 5.62. The zero-order chi connectivity index (χ0) is 26.7. The number of esters is 2. The van der Waals surface area contributed by atoms with Gasteiger partial charge in [0.2, 0.25) is 0 Å². The Hall–Kier alpha value is -3.39. The molecular weight excluding hydrogens is 538 g/mol. The number of carbonyl (C=O) groups is 3. The lowest BCUT2D eigenvalue weighted by Crippen LogP contribution is -2.43. The van der Waals surface area contributed by atoms with Crippen molar-refractivity contribution in [2.75, 3.05) is 20.3 Å². The highest BCUT2D eigenvalue weighted by Gasteiger charge is 2.49. The molecule has 8 heteroatoms. The van der Waals surface area contributed by atoms with Crippen LogP contribution in [-0.4, -0.2) is 38.0 Å². The Morgan fingerprint density at radius 1 is 1.03 bits per heavy atom. The molecule has 0 bridgehead atoms. The summed E-state index contributed by atoms with van der Waals surface area (Å²) in [6, 6.07) is 14.9. The molecule has 2 aromatic carbocycles. The van der Waals surface area contributed by atoms with Crippen LogP contribution in [0.3, 0.4) is 0 Å². The Morgan fingerprint density at radius 2 is 1.73 bits per heavy atom. The number of hydrogen-bond donors (Lipinski definition) is 1. The van der Waals surface area contributed by atoms with E-state index in [2.05, 4.69) is 21.2 Å². The number of allylic oxidation sites excluding steroid dienone is 3. The summed E-state index contributed by atoms with van der Waals surface area (Å²) in [6.07, 6.45) is 0.385. The normalized spacial score (nSPS) is 21.2. The second-order valence-electron chi connectivity index (χ2n) is 8.95. The van der Waals surface area contributed by atoms with Gasteiger partial charge < -0.3 is 19.5 Å². The summed E-state index contributed by atoms with van der Waals surface area (Å²) < 4.78 is 17.0. The quantitative estimate of drug-likeness (QED) is 0.364. The molecule has 1 heterocycles. The van der Waals surface area contributed by atoms with Crippen molar-refractivity contribution in [3.63, 3.8) is 0 Å². The van der Waals surface area contributed by atoms with Crippen LogP contribution in [0.5, 0.6) is 5.75 Å². The maximum absolute atomic E-state index is 14.3. The number of Topliss-reactive ketones (excluding diaryl/α,β-unsaturated/α-hetero) is 1. The molecule has 0 spiro atoms. The fraction of sp³-hybridized carbons (Fsp3) is 0.345. The molecule has 7 nitrogen and oxygen atoms in total. The number of ketones is 1. The molecule has 0 radical (unpaired) electrons. The van der Waals surface area contributed by atoms with Gasteiger partial charge in [0.15, 0.2) is 5.78 Å². The van der Waals surface area contributed by atoms with Crippen LogP contribution in [0.25, 0.3) is 0 Å². The topological polar surface area (TPSA) is 90.9 Å². The van der Waals surface area contributed by atoms with Crippen molar-refractivity contribution in [3.05, 3.63) is 86.7 Å². The van der Waals surface area contributed by atoms with Gasteiger partial charge in [0.05, 0.1) is 25.9 Å². The van der Waals surface area contributed by atoms with E-state index < -0.39 is 29.7 Å². The Morgan fingerprint density at radius 3 is 2.41 bits per heavy atom. The van der Waals surface area contributed by atoms with Crippen molar-refractivity contribution in [2.45, 2.75) is 39.0 Å². The minimum atomic E-state index is -1.07. The van der Waals surface area contributed by atoms with E-state index in [4.69, 9.17) is 14.2 Å². The number of benzene rings is 2. The first-order chi connectivity index (χ1) is 17.8. The molecule has 2 aromatic rings. The van der Waals surface area contributed by atoms with Crippen LogP contribution in [0.4, 0.5) is 0 Å². The average Bonchev–Trinajstić information content (AvgIpc) is 2.88. The highest BCUT2D eigenvalue weighted by molar-refractivity contribution is 9.10. The lowest BCUT2D eigenvalue weighted by atomic mass is 9.67. The molecule has 0 unspecified atom stereocenters. The van der Waals surface area contributed by atoms with Crippen LogP contribution >= 0.6 is 15.9 Å². The summed E-state index contributed by atoms with van der Waals surface area (Å²) in [5, 5.41) is 3.31. The van der Waals surface area contributed by atoms with E-state index in [1.54, 1.807) is 21.0 Å². The standard InChI is InChI=1S/C29H30BrNO6/c1-5-36-28(33)23-16(3)31-22-15-21(17-9-8-12-20(14-17)35-4)25(29(34)37-6-2)27(32)26(22)24(23)18-10-7-11-19(30)13-18/h7-14,21,24-25,31H,5-6,15H2,1-4H3/t21-,24-,25-/m1/s1. The number of methoxy groups -OCH3 is 1. The van der Waals surface area contributed by atoms with Crippen molar-refractivity contribution in [2.24, 2.45) is 5.92 Å². The molecule has 1 aliphatic heterocycles. The van der Waals surface area contributed by atoms with Gasteiger partial charge in [0, 0.05) is 33.3 Å². The van der Waals surface area contributed by atoms with Gasteiger partial charge in [-0.3, -0.25) is 9.59 Å². The molecule has 4 rings (SSSR count). The Bertz CT molecular complexity index is 1300. The van der Waals surface area contributed by atoms with E-state index in [-0.39, 0.29) is 19.0 Å². The highest BCUT2D eigenvalue weighted by Crippen LogP contribution is 2.48. The third kappa shape index (κ3) is 5.21. The third-order valence-electron chi connectivity index (χ3n) is 6.76. The number of hydrogen-bond acceptors (Lipinski definition) is 7. The molecular formula is C29H30BrNO6. The predicted octanol–water partition coefficient (Wildman–Crippen LogP) is 5.17. The van der Waals surface area contributed by atoms with Gasteiger partial charge in [-0.2, -0.15) is 0 Å². The lowest BCUT2D eigenvalue weighted by Gasteiger charge is -2.39. The van der Waals surface area contributed by atoms with Gasteiger partial charge in [-0.15, -0.1) is 0 Å². The summed E-state index contributed by atoms with van der Waals surface area (Å²) in [7, 11) is 1.57. The maximum atomic E-state index is 14.3. The molecule has 0 aromatic heterocycles. The first-order valence-electron chi connectivity index (χ1n) is 12.3. The monoisotopic (exact) mass is 567 g/mol. The van der Waals surface area contributed by atoms with E-state index in [0.717, 1.165) is 15.6 Å². The van der Waals surface area contributed by atoms with Crippen molar-refractivity contribution < 1.29 is 28.6 Å². The fourth-order valence-corrected chi connectivity index (χ4v) is 5.64. The SMILES string of the molecule is CCOC(=O)C1=C(C)NC2=C(C(=O)[C@H](C(=O)OCC)[C@@H](c3cccc(OC)c3)C2)[C@@H]1c1cccc(Br)c1. The van der Waals surface area contributed by atoms with Crippen LogP contribution in [0.15, 0.2) is 75.5 Å². The average molecular weight is 568 g/mol. The van der Waals surface area contributed by atoms with Crippen molar-refractivity contribution >= 4 is 33.7 Å². The number of ether oxygens (including phenoxy) is 3. The van der Waals surface area contributed by atoms with Gasteiger partial charge in [-0.25, -0.2) is 4.79 Å². The van der Waals surface area contributed by atoms with Gasteiger partial charge in [-0.05, 0) is 62.6 Å². The number of carbonyl (C=O) groups excluding carboxylic acids is 3. The summed E-state index contributed by atoms with van der Waals surface area (Å²) in [4.78, 5) is 40.7. The second-order valence-corrected chi connectivity index (χ2v) is 9.86. The van der Waals surface area contributed by atoms with E-state index >= 15 is 0 Å². The van der Waals surface area contributed by atoms with Gasteiger partial charge in [-0.1, -0.05) is 40.2 Å². The van der Waals surface area contributed by atoms with E-state index in [1.165, 1.54) is 0 Å². The van der Waals surface area contributed by atoms with E-state index in [9.17, 15) is 14.4 Å². The zero-order valence-electron chi connectivity index (χ0n) is 21.3. The third-order valence-corrected chi connectivity index (χ3v) is 7.25. The van der Waals surface area contributed by atoms with Crippen LogP contribution in [-0.2, 0) is 23.9 Å². The van der Waals surface area contributed by atoms with Crippen molar-refractivity contribution in [1.29, 1.82) is 0 Å². The Labute approximate surface area is 225 Å². The number of rotatable bonds is 7. The molecule has 2 aliphatic rings. The van der Waals surface area contributed by atoms with Gasteiger partial charge in [0.1, 0.15) is 11.7 Å². The smallest absolute Gasteiger partial charge is 0.336 e. The fourth-order valence-electron chi connectivity index (χ4n) is 5.22. The summed E-state index contributed by atoms with van der Waals surface area (Å²) in [5.74, 6) is -3.03. The van der Waals surface area contributed by atoms with Gasteiger partial charge >= 0.3 is 11.9 Å². The molecule has 194 valence electrons. The maximum Gasteiger partial charge on any atom is 0.336 e. The van der Waals surface area contributed by atoms with E-state index in [1.807, 2.05) is 55.5 Å². The van der Waals surface area contributed by atoms with Crippen LogP contribution < -0.4 is 10.1 Å². The van der Waals surface area contributed by atoms with E-state index in [0.29, 0.717) is 34.7 Å². The Balaban J connectivity index is 1.90. The first kappa shape index (κ1) is 26.7. The highest BCUT2D eigenvalue weighted by atomic mass is 79.9. The van der Waals surface area contributed by atoms with Gasteiger partial charge in [0.25, 0.3) is 0 Å². The van der Waals surface area contributed by atoms with Crippen LogP contribution in [0.1, 0.15) is 50.2 Å². The Kier molecular flexibility index (Phi) is 8.17. The molecule has 3 atom stereocenters. The summed E-state index contributed by atoms with van der Waals surface area (Å²) >= 11 is 3.51. The molecule has 1 aliphatic carbocycles. The number of dihydropyridines is 1. The van der Waals surface area contributed by atoms with Crippen LogP contribution in [0, 0.1) is 5.92 Å². The molecule has 1 N–H and O–H groups in total. The number of nitrogens with one attached hydrogen (secondary N) is 1. The van der Waals surface area contributed by atoms with Crippen LogP contribution in [0.2, 0.25) is 0 Å². The summed E-state index contributed by atoms with van der Waals surface area (Å²) in [5.41, 5.74) is 3.61. The van der Waals surface area contributed by atoms with Crippen molar-refractivity contribution in [3.8, 4) is 5.75 Å². The molecule has 0 fully saturated rings. The molecule has 0 saturated heterocycles. The zero-order valence-corrected chi connectivity index (χ0v) is 22.9.